The normalized spacial score (nSPS) is 12.0. The minimum absolute atomic E-state index is 0.0452. The van der Waals surface area contributed by atoms with Crippen molar-refractivity contribution in [3.8, 4) is 0 Å². The molecule has 0 aromatic carbocycles. The fourth-order valence-electron chi connectivity index (χ4n) is 1.90. The Kier molecular flexibility index (Phi) is 8.37. The Labute approximate surface area is 150 Å². The van der Waals surface area contributed by atoms with Crippen LogP contribution in [0, 0.1) is 12.3 Å². The van der Waals surface area contributed by atoms with Crippen LogP contribution in [0.15, 0.2) is 8.26 Å². The Hall–Kier alpha value is -0.640. The van der Waals surface area contributed by atoms with E-state index in [1.54, 1.807) is 7.11 Å². The van der Waals surface area contributed by atoms with Gasteiger partial charge in [-0.25, -0.2) is 0 Å². The molecule has 0 aliphatic rings. The zero-order valence-electron chi connectivity index (χ0n) is 12.5. The van der Waals surface area contributed by atoms with E-state index in [4.69, 9.17) is 15.9 Å². The highest BCUT2D eigenvalue weighted by molar-refractivity contribution is 9.13. The third-order valence-electron chi connectivity index (χ3n) is 2.99. The first-order valence-corrected chi connectivity index (χ1v) is 9.09. The molecular weight excluding hydrogens is 436 g/mol. The van der Waals surface area contributed by atoms with E-state index in [-0.39, 0.29) is 17.9 Å². The van der Waals surface area contributed by atoms with Crippen LogP contribution in [0.5, 0.6) is 0 Å². The van der Waals surface area contributed by atoms with Gasteiger partial charge in [0.1, 0.15) is 0 Å². The topological polar surface area (TPSA) is 100 Å². The van der Waals surface area contributed by atoms with Gasteiger partial charge in [0.25, 0.3) is 5.91 Å². The first kappa shape index (κ1) is 19.4. The summed E-state index contributed by atoms with van der Waals surface area (Å²) >= 11 is 8.27. The van der Waals surface area contributed by atoms with Crippen molar-refractivity contribution < 1.29 is 9.53 Å². The highest BCUT2D eigenvalue weighted by atomic mass is 79.9. The molecule has 1 amide bonds. The molecule has 0 spiro atoms. The summed E-state index contributed by atoms with van der Waals surface area (Å²) in [6.45, 7) is 2.95. The van der Waals surface area contributed by atoms with Gasteiger partial charge in [0.15, 0.2) is 5.96 Å². The zero-order valence-corrected chi connectivity index (χ0v) is 16.5. The van der Waals surface area contributed by atoms with Crippen LogP contribution in [-0.4, -0.2) is 38.2 Å². The number of nitrogens with one attached hydrogen (secondary N) is 3. The number of thiophene rings is 1. The second-order valence-corrected chi connectivity index (χ2v) is 7.88. The van der Waals surface area contributed by atoms with E-state index in [1.807, 2.05) is 6.92 Å². The molecule has 0 saturated heterocycles. The molecule has 0 bridgehead atoms. The van der Waals surface area contributed by atoms with Gasteiger partial charge in [0, 0.05) is 18.1 Å². The van der Waals surface area contributed by atoms with Gasteiger partial charge < -0.3 is 21.1 Å². The van der Waals surface area contributed by atoms with Gasteiger partial charge >= 0.3 is 0 Å². The third kappa shape index (κ3) is 5.86. The molecule has 0 saturated carbocycles. The fraction of sp³-hybridized carbons (Fsp3) is 0.538. The SMILES string of the molecule is COC[C@H](CCCNC(=N)N)NC(=O)c1sc(Br)c(Br)c1C. The molecule has 0 fully saturated rings. The minimum Gasteiger partial charge on any atom is -0.383 e. The smallest absolute Gasteiger partial charge is 0.261 e. The van der Waals surface area contributed by atoms with Gasteiger partial charge in [0.2, 0.25) is 0 Å². The number of halogens is 2. The zero-order chi connectivity index (χ0) is 16.7. The summed E-state index contributed by atoms with van der Waals surface area (Å²) in [6.07, 6.45) is 1.53. The van der Waals surface area contributed by atoms with Crippen LogP contribution in [-0.2, 0) is 4.74 Å². The lowest BCUT2D eigenvalue weighted by molar-refractivity contribution is 0.0894. The number of amides is 1. The first-order chi connectivity index (χ1) is 10.4. The molecule has 1 rings (SSSR count). The fourth-order valence-corrected chi connectivity index (χ4v) is 4.08. The third-order valence-corrected chi connectivity index (χ3v) is 6.74. The number of hydrogen-bond acceptors (Lipinski definition) is 4. The van der Waals surface area contributed by atoms with E-state index < -0.39 is 0 Å². The molecule has 9 heteroatoms. The van der Waals surface area contributed by atoms with Gasteiger partial charge in [-0.2, -0.15) is 0 Å². The summed E-state index contributed by atoms with van der Waals surface area (Å²) in [5.74, 6) is -0.147. The molecule has 6 nitrogen and oxygen atoms in total. The van der Waals surface area contributed by atoms with Gasteiger partial charge in [0.05, 0.1) is 21.3 Å². The number of carbonyl (C=O) groups excluding carboxylic acids is 1. The Morgan fingerprint density at radius 3 is 2.68 bits per heavy atom. The van der Waals surface area contributed by atoms with Gasteiger partial charge in [-0.1, -0.05) is 0 Å². The van der Waals surface area contributed by atoms with Crippen LogP contribution >= 0.6 is 43.2 Å². The van der Waals surface area contributed by atoms with Crippen molar-refractivity contribution in [2.75, 3.05) is 20.3 Å². The van der Waals surface area contributed by atoms with Crippen LogP contribution in [0.3, 0.4) is 0 Å². The van der Waals surface area contributed by atoms with Crippen molar-refractivity contribution in [2.45, 2.75) is 25.8 Å². The Morgan fingerprint density at radius 1 is 1.50 bits per heavy atom. The summed E-state index contributed by atoms with van der Waals surface area (Å²) < 4.78 is 6.98. The van der Waals surface area contributed by atoms with Crippen LogP contribution in [0.2, 0.25) is 0 Å². The summed E-state index contributed by atoms with van der Waals surface area (Å²) in [7, 11) is 1.61. The molecule has 1 atom stereocenters. The molecule has 0 unspecified atom stereocenters. The molecule has 5 N–H and O–H groups in total. The summed E-state index contributed by atoms with van der Waals surface area (Å²) in [6, 6.07) is -0.0784. The minimum atomic E-state index is -0.101. The molecule has 1 aromatic rings. The average molecular weight is 456 g/mol. The number of carbonyl (C=O) groups is 1. The van der Waals surface area contributed by atoms with Crippen LogP contribution in [0.25, 0.3) is 0 Å². The largest absolute Gasteiger partial charge is 0.383 e. The van der Waals surface area contributed by atoms with E-state index in [9.17, 15) is 4.79 Å². The molecule has 22 heavy (non-hydrogen) atoms. The number of methoxy groups -OCH3 is 1. The van der Waals surface area contributed by atoms with E-state index in [1.165, 1.54) is 11.3 Å². The van der Waals surface area contributed by atoms with E-state index in [0.29, 0.717) is 18.0 Å². The van der Waals surface area contributed by atoms with Gasteiger partial charge in [-0.15, -0.1) is 11.3 Å². The van der Waals surface area contributed by atoms with Crippen LogP contribution in [0.4, 0.5) is 0 Å². The second kappa shape index (κ2) is 9.49. The van der Waals surface area contributed by atoms with Gasteiger partial charge in [-0.05, 0) is 57.2 Å². The molecule has 0 aliphatic heterocycles. The van der Waals surface area contributed by atoms with Crippen molar-refractivity contribution in [3.05, 3.63) is 18.7 Å². The van der Waals surface area contributed by atoms with Crippen LogP contribution < -0.4 is 16.4 Å². The quantitative estimate of drug-likeness (QED) is 0.275. The maximum absolute atomic E-state index is 12.4. The Bertz CT molecular complexity index is 536. The number of ether oxygens (including phenoxy) is 1. The van der Waals surface area contributed by atoms with Crippen molar-refractivity contribution in [1.82, 2.24) is 10.6 Å². The average Bonchev–Trinajstić information content (AvgIpc) is 2.71. The molecule has 0 radical (unpaired) electrons. The lowest BCUT2D eigenvalue weighted by atomic mass is 10.1. The molecular formula is C13H20Br2N4O2S. The predicted octanol–water partition coefficient (Wildman–Crippen LogP) is 2.59. The number of rotatable bonds is 8. The van der Waals surface area contributed by atoms with Crippen molar-refractivity contribution in [1.29, 1.82) is 5.41 Å². The van der Waals surface area contributed by atoms with E-state index in [2.05, 4.69) is 42.5 Å². The monoisotopic (exact) mass is 454 g/mol. The molecule has 0 aliphatic carbocycles. The lowest BCUT2D eigenvalue weighted by Gasteiger charge is -2.18. The Morgan fingerprint density at radius 2 is 2.18 bits per heavy atom. The molecule has 124 valence electrons. The maximum atomic E-state index is 12.4. The van der Waals surface area contributed by atoms with E-state index >= 15 is 0 Å². The van der Waals surface area contributed by atoms with Crippen molar-refractivity contribution >= 4 is 55.1 Å². The molecule has 1 heterocycles. The van der Waals surface area contributed by atoms with Crippen molar-refractivity contribution in [2.24, 2.45) is 5.73 Å². The first-order valence-electron chi connectivity index (χ1n) is 6.68. The summed E-state index contributed by atoms with van der Waals surface area (Å²) in [5.41, 5.74) is 6.15. The summed E-state index contributed by atoms with van der Waals surface area (Å²) in [5, 5.41) is 12.8. The van der Waals surface area contributed by atoms with E-state index in [0.717, 1.165) is 26.7 Å². The standard InChI is InChI=1S/C13H20Br2N4O2S/c1-7-9(14)11(15)22-10(7)12(20)19-8(6-21-2)4-3-5-18-13(16)17/h8H,3-6H2,1-2H3,(H,19,20)(H4,16,17,18)/t8-/m0/s1. The predicted molar refractivity (Wildman–Crippen MR) is 96.7 cm³/mol. The summed E-state index contributed by atoms with van der Waals surface area (Å²) in [4.78, 5) is 13.1. The van der Waals surface area contributed by atoms with Gasteiger partial charge in [-0.3, -0.25) is 10.2 Å². The van der Waals surface area contributed by atoms with Crippen molar-refractivity contribution in [3.63, 3.8) is 0 Å². The second-order valence-electron chi connectivity index (χ2n) is 4.75. The number of hydrogen-bond donors (Lipinski definition) is 4. The van der Waals surface area contributed by atoms with Crippen LogP contribution in [0.1, 0.15) is 28.1 Å². The lowest BCUT2D eigenvalue weighted by Crippen LogP contribution is -2.39. The number of guanidine groups is 1. The Balaban J connectivity index is 2.59. The molecule has 1 aromatic heterocycles. The number of nitrogens with two attached hydrogens (primary N) is 1. The maximum Gasteiger partial charge on any atom is 0.261 e. The highest BCUT2D eigenvalue weighted by Gasteiger charge is 2.20. The highest BCUT2D eigenvalue weighted by Crippen LogP contribution is 2.36.